The fraction of sp³-hybridized carbons (Fsp3) is 0.0667. The molecule has 0 amide bonds. The Bertz CT molecular complexity index is 816. The molecule has 5 nitrogen and oxygen atoms in total. The maximum atomic E-state index is 11.5. The molecule has 1 aromatic carbocycles. The van der Waals surface area contributed by atoms with Crippen molar-refractivity contribution in [3.63, 3.8) is 0 Å². The number of H-pyrrole nitrogens is 2. The van der Waals surface area contributed by atoms with Crippen molar-refractivity contribution in [3.05, 3.63) is 58.5 Å². The fourth-order valence-corrected chi connectivity index (χ4v) is 2.29. The van der Waals surface area contributed by atoms with Gasteiger partial charge in [0.2, 0.25) is 5.56 Å². The first-order valence-electron chi connectivity index (χ1n) is 6.26. The first kappa shape index (κ1) is 12.2. The van der Waals surface area contributed by atoms with Gasteiger partial charge in [0.05, 0.1) is 11.3 Å². The number of aromatic amines is 2. The second kappa shape index (κ2) is 4.70. The van der Waals surface area contributed by atoms with Crippen molar-refractivity contribution in [1.82, 2.24) is 15.2 Å². The lowest BCUT2D eigenvalue weighted by atomic mass is 9.98. The maximum absolute atomic E-state index is 11.5. The van der Waals surface area contributed by atoms with Gasteiger partial charge in [0.1, 0.15) is 0 Å². The summed E-state index contributed by atoms with van der Waals surface area (Å²) in [6.07, 6.45) is 1.61. The molecule has 0 atom stereocenters. The SMILES string of the molecule is Cc1ccccc1-c1c(N)n[nH]c1-c1cc[nH]c(=O)c1. The van der Waals surface area contributed by atoms with Crippen LogP contribution < -0.4 is 11.3 Å². The minimum atomic E-state index is -0.161. The summed E-state index contributed by atoms with van der Waals surface area (Å²) in [5.74, 6) is 0.426. The van der Waals surface area contributed by atoms with E-state index in [2.05, 4.69) is 15.2 Å². The van der Waals surface area contributed by atoms with E-state index in [-0.39, 0.29) is 5.56 Å². The largest absolute Gasteiger partial charge is 0.382 e. The van der Waals surface area contributed by atoms with Crippen LogP contribution in [0.3, 0.4) is 0 Å². The molecule has 2 heterocycles. The van der Waals surface area contributed by atoms with Gasteiger partial charge in [0.25, 0.3) is 0 Å². The first-order chi connectivity index (χ1) is 9.66. The van der Waals surface area contributed by atoms with Crippen LogP contribution in [-0.2, 0) is 0 Å². The summed E-state index contributed by atoms with van der Waals surface area (Å²) in [4.78, 5) is 14.1. The molecule has 3 rings (SSSR count). The van der Waals surface area contributed by atoms with Crippen LogP contribution in [0.2, 0.25) is 0 Å². The smallest absolute Gasteiger partial charge is 0.248 e. The van der Waals surface area contributed by atoms with Crippen LogP contribution in [0.5, 0.6) is 0 Å². The number of anilines is 1. The van der Waals surface area contributed by atoms with Crippen molar-refractivity contribution < 1.29 is 0 Å². The average Bonchev–Trinajstić information content (AvgIpc) is 2.81. The normalized spacial score (nSPS) is 10.7. The molecule has 0 unspecified atom stereocenters. The minimum absolute atomic E-state index is 0.161. The van der Waals surface area contributed by atoms with Crippen molar-refractivity contribution in [1.29, 1.82) is 0 Å². The number of benzene rings is 1. The van der Waals surface area contributed by atoms with E-state index in [1.165, 1.54) is 6.07 Å². The van der Waals surface area contributed by atoms with Gasteiger partial charge >= 0.3 is 0 Å². The minimum Gasteiger partial charge on any atom is -0.382 e. The van der Waals surface area contributed by atoms with Gasteiger partial charge < -0.3 is 10.7 Å². The number of aromatic nitrogens is 3. The first-order valence-corrected chi connectivity index (χ1v) is 6.26. The zero-order valence-corrected chi connectivity index (χ0v) is 11.0. The standard InChI is InChI=1S/C15H14N4O/c1-9-4-2-3-5-11(9)13-14(18-19-15(13)16)10-6-7-17-12(20)8-10/h2-8H,1H3,(H,17,20)(H3,16,18,19). The van der Waals surface area contributed by atoms with Crippen molar-refractivity contribution in [3.8, 4) is 22.4 Å². The van der Waals surface area contributed by atoms with Gasteiger partial charge in [-0.25, -0.2) is 0 Å². The molecule has 20 heavy (non-hydrogen) atoms. The van der Waals surface area contributed by atoms with E-state index in [0.29, 0.717) is 5.82 Å². The van der Waals surface area contributed by atoms with Crippen LogP contribution in [0.25, 0.3) is 22.4 Å². The summed E-state index contributed by atoms with van der Waals surface area (Å²) in [5, 5.41) is 7.00. The van der Waals surface area contributed by atoms with Gasteiger partial charge in [-0.3, -0.25) is 9.89 Å². The number of pyridine rings is 1. The lowest BCUT2D eigenvalue weighted by Gasteiger charge is -2.07. The lowest BCUT2D eigenvalue weighted by Crippen LogP contribution is -2.02. The van der Waals surface area contributed by atoms with E-state index in [4.69, 9.17) is 5.73 Å². The van der Waals surface area contributed by atoms with Gasteiger partial charge in [-0.1, -0.05) is 24.3 Å². The number of nitrogens with zero attached hydrogens (tertiary/aromatic N) is 1. The van der Waals surface area contributed by atoms with Crippen molar-refractivity contribution in [2.45, 2.75) is 6.92 Å². The molecule has 0 bridgehead atoms. The molecule has 4 N–H and O–H groups in total. The number of hydrogen-bond donors (Lipinski definition) is 3. The Labute approximate surface area is 115 Å². The number of hydrogen-bond acceptors (Lipinski definition) is 3. The highest BCUT2D eigenvalue weighted by Crippen LogP contribution is 2.35. The molecule has 0 fully saturated rings. The third-order valence-electron chi connectivity index (χ3n) is 3.27. The van der Waals surface area contributed by atoms with Crippen LogP contribution in [0.15, 0.2) is 47.4 Å². The number of aryl methyl sites for hydroxylation is 1. The van der Waals surface area contributed by atoms with Gasteiger partial charge in [-0.2, -0.15) is 5.10 Å². The number of nitrogens with one attached hydrogen (secondary N) is 2. The molecule has 0 aliphatic rings. The molecule has 0 aliphatic heterocycles. The van der Waals surface area contributed by atoms with Gasteiger partial charge in [0, 0.05) is 17.8 Å². The molecule has 100 valence electrons. The van der Waals surface area contributed by atoms with Crippen molar-refractivity contribution >= 4 is 5.82 Å². The quantitative estimate of drug-likeness (QED) is 0.665. The molecular formula is C15H14N4O. The van der Waals surface area contributed by atoms with E-state index in [1.807, 2.05) is 37.3 Å². The van der Waals surface area contributed by atoms with Crippen LogP contribution in [0.4, 0.5) is 5.82 Å². The maximum Gasteiger partial charge on any atom is 0.248 e. The number of nitrogen functional groups attached to an aromatic ring is 1. The highest BCUT2D eigenvalue weighted by atomic mass is 16.1. The van der Waals surface area contributed by atoms with E-state index >= 15 is 0 Å². The summed E-state index contributed by atoms with van der Waals surface area (Å²) in [5.41, 5.74) is 10.3. The van der Waals surface area contributed by atoms with Crippen LogP contribution in [0.1, 0.15) is 5.56 Å². The van der Waals surface area contributed by atoms with E-state index in [9.17, 15) is 4.79 Å². The highest BCUT2D eigenvalue weighted by molar-refractivity contribution is 5.88. The molecule has 2 aromatic heterocycles. The summed E-state index contributed by atoms with van der Waals surface area (Å²) >= 11 is 0. The van der Waals surface area contributed by atoms with Gasteiger partial charge in [-0.15, -0.1) is 0 Å². The molecule has 0 spiro atoms. The Morgan fingerprint density at radius 1 is 1.20 bits per heavy atom. The fourth-order valence-electron chi connectivity index (χ4n) is 2.29. The van der Waals surface area contributed by atoms with E-state index in [0.717, 1.165) is 27.9 Å². The van der Waals surface area contributed by atoms with E-state index < -0.39 is 0 Å². The zero-order chi connectivity index (χ0) is 14.1. The predicted octanol–water partition coefficient (Wildman–Crippen LogP) is 2.32. The predicted molar refractivity (Wildman–Crippen MR) is 79.2 cm³/mol. The third-order valence-corrected chi connectivity index (χ3v) is 3.27. The van der Waals surface area contributed by atoms with Gasteiger partial charge in [0.15, 0.2) is 5.82 Å². The summed E-state index contributed by atoms with van der Waals surface area (Å²) in [6.45, 7) is 2.02. The molecule has 0 radical (unpaired) electrons. The molecule has 0 saturated carbocycles. The number of nitrogens with two attached hydrogens (primary N) is 1. The zero-order valence-electron chi connectivity index (χ0n) is 11.0. The molecular weight excluding hydrogens is 252 g/mol. The van der Waals surface area contributed by atoms with E-state index in [1.54, 1.807) is 6.20 Å². The molecule has 3 aromatic rings. The summed E-state index contributed by atoms with van der Waals surface area (Å²) in [7, 11) is 0. The third kappa shape index (κ3) is 1.99. The summed E-state index contributed by atoms with van der Waals surface area (Å²) < 4.78 is 0. The van der Waals surface area contributed by atoms with Crippen LogP contribution >= 0.6 is 0 Å². The second-order valence-electron chi connectivity index (χ2n) is 4.62. The van der Waals surface area contributed by atoms with Crippen molar-refractivity contribution in [2.75, 3.05) is 5.73 Å². The Kier molecular flexibility index (Phi) is 2.87. The Morgan fingerprint density at radius 3 is 2.75 bits per heavy atom. The van der Waals surface area contributed by atoms with Crippen LogP contribution in [0, 0.1) is 6.92 Å². The number of rotatable bonds is 2. The molecule has 5 heteroatoms. The average molecular weight is 266 g/mol. The van der Waals surface area contributed by atoms with Gasteiger partial charge in [-0.05, 0) is 24.1 Å². The second-order valence-corrected chi connectivity index (χ2v) is 4.62. The molecule has 0 saturated heterocycles. The monoisotopic (exact) mass is 266 g/mol. The van der Waals surface area contributed by atoms with Crippen LogP contribution in [-0.4, -0.2) is 15.2 Å². The molecule has 0 aliphatic carbocycles. The highest BCUT2D eigenvalue weighted by Gasteiger charge is 2.16. The Hall–Kier alpha value is -2.82. The lowest BCUT2D eigenvalue weighted by molar-refractivity contribution is 1.10. The Balaban J connectivity index is 2.26. The summed E-state index contributed by atoms with van der Waals surface area (Å²) in [6, 6.07) is 11.3. The Morgan fingerprint density at radius 2 is 2.00 bits per heavy atom. The topological polar surface area (TPSA) is 87.6 Å². The van der Waals surface area contributed by atoms with Crippen molar-refractivity contribution in [2.24, 2.45) is 0 Å².